The summed E-state index contributed by atoms with van der Waals surface area (Å²) < 4.78 is 34.0. The summed E-state index contributed by atoms with van der Waals surface area (Å²) in [6.45, 7) is -0.703. The SMILES string of the molecule is COc1cccc(C=NN)c1OCC(F)F. The van der Waals surface area contributed by atoms with Gasteiger partial charge >= 0.3 is 0 Å². The molecule has 1 rings (SSSR count). The van der Waals surface area contributed by atoms with E-state index in [9.17, 15) is 8.78 Å². The van der Waals surface area contributed by atoms with Crippen LogP contribution in [0.15, 0.2) is 23.3 Å². The number of hydrogen-bond acceptors (Lipinski definition) is 4. The van der Waals surface area contributed by atoms with Crippen LogP contribution in [0.4, 0.5) is 8.78 Å². The molecule has 6 heteroatoms. The summed E-state index contributed by atoms with van der Waals surface area (Å²) >= 11 is 0. The lowest BCUT2D eigenvalue weighted by molar-refractivity contribution is 0.0804. The second-order valence-electron chi connectivity index (χ2n) is 2.86. The van der Waals surface area contributed by atoms with Crippen molar-refractivity contribution in [3.63, 3.8) is 0 Å². The molecular weight excluding hydrogens is 218 g/mol. The molecule has 1 aromatic rings. The number of benzene rings is 1. The van der Waals surface area contributed by atoms with E-state index in [0.717, 1.165) is 0 Å². The molecule has 0 atom stereocenters. The smallest absolute Gasteiger partial charge is 0.272 e. The van der Waals surface area contributed by atoms with Gasteiger partial charge in [-0.05, 0) is 12.1 Å². The van der Waals surface area contributed by atoms with Crippen molar-refractivity contribution in [3.8, 4) is 11.5 Å². The zero-order valence-electron chi connectivity index (χ0n) is 8.69. The number of methoxy groups -OCH3 is 1. The van der Waals surface area contributed by atoms with E-state index < -0.39 is 13.0 Å². The maximum atomic E-state index is 12.0. The van der Waals surface area contributed by atoms with Gasteiger partial charge in [0.2, 0.25) is 0 Å². The van der Waals surface area contributed by atoms with Gasteiger partial charge in [-0.1, -0.05) is 6.07 Å². The maximum absolute atomic E-state index is 12.0. The Morgan fingerprint density at radius 3 is 2.81 bits per heavy atom. The number of ether oxygens (including phenoxy) is 2. The van der Waals surface area contributed by atoms with Crippen molar-refractivity contribution in [1.29, 1.82) is 0 Å². The van der Waals surface area contributed by atoms with E-state index in [2.05, 4.69) is 5.10 Å². The van der Waals surface area contributed by atoms with Crippen LogP contribution in [0, 0.1) is 0 Å². The van der Waals surface area contributed by atoms with Gasteiger partial charge in [0.25, 0.3) is 6.43 Å². The molecule has 0 unspecified atom stereocenters. The first-order valence-electron chi connectivity index (χ1n) is 4.50. The molecular formula is C10H12F2N2O2. The molecule has 2 N–H and O–H groups in total. The summed E-state index contributed by atoms with van der Waals surface area (Å²) in [6, 6.07) is 4.93. The minimum absolute atomic E-state index is 0.208. The highest BCUT2D eigenvalue weighted by Gasteiger charge is 2.11. The fourth-order valence-corrected chi connectivity index (χ4v) is 1.18. The van der Waals surface area contributed by atoms with Crippen LogP contribution in [0.5, 0.6) is 11.5 Å². The van der Waals surface area contributed by atoms with Crippen molar-refractivity contribution >= 4 is 6.21 Å². The normalized spacial score (nSPS) is 11.0. The van der Waals surface area contributed by atoms with Gasteiger partial charge in [-0.2, -0.15) is 5.10 Å². The predicted molar refractivity (Wildman–Crippen MR) is 56.3 cm³/mol. The maximum Gasteiger partial charge on any atom is 0.272 e. The van der Waals surface area contributed by atoms with E-state index in [-0.39, 0.29) is 5.75 Å². The van der Waals surface area contributed by atoms with Gasteiger partial charge in [0.1, 0.15) is 6.61 Å². The molecule has 0 amide bonds. The lowest BCUT2D eigenvalue weighted by Crippen LogP contribution is -2.09. The monoisotopic (exact) mass is 230 g/mol. The lowest BCUT2D eigenvalue weighted by Gasteiger charge is -2.12. The summed E-state index contributed by atoms with van der Waals surface area (Å²) in [7, 11) is 1.42. The van der Waals surface area contributed by atoms with Crippen LogP contribution in [0.2, 0.25) is 0 Å². The number of hydrazone groups is 1. The summed E-state index contributed by atoms with van der Waals surface area (Å²) in [5, 5.41) is 3.32. The molecule has 0 bridgehead atoms. The summed E-state index contributed by atoms with van der Waals surface area (Å²) in [4.78, 5) is 0. The molecule has 0 saturated carbocycles. The Labute approximate surface area is 91.7 Å². The van der Waals surface area contributed by atoms with Gasteiger partial charge in [-0.25, -0.2) is 8.78 Å². The van der Waals surface area contributed by atoms with Crippen molar-refractivity contribution in [2.75, 3.05) is 13.7 Å². The highest BCUT2D eigenvalue weighted by atomic mass is 19.3. The number of hydrogen-bond donors (Lipinski definition) is 1. The molecule has 0 aromatic heterocycles. The largest absolute Gasteiger partial charge is 0.493 e. The van der Waals surface area contributed by atoms with Crippen LogP contribution >= 0.6 is 0 Å². The quantitative estimate of drug-likeness (QED) is 0.475. The molecule has 0 radical (unpaired) electrons. The second-order valence-corrected chi connectivity index (χ2v) is 2.86. The van der Waals surface area contributed by atoms with Crippen LogP contribution in [0.3, 0.4) is 0 Å². The molecule has 4 nitrogen and oxygen atoms in total. The predicted octanol–water partition coefficient (Wildman–Crippen LogP) is 1.63. The third kappa shape index (κ3) is 3.08. The first kappa shape index (κ1) is 12.2. The van der Waals surface area contributed by atoms with E-state index in [0.29, 0.717) is 11.3 Å². The Kier molecular flexibility index (Phi) is 4.50. The van der Waals surface area contributed by atoms with Crippen LogP contribution in [-0.2, 0) is 0 Å². The van der Waals surface area contributed by atoms with Crippen molar-refractivity contribution in [3.05, 3.63) is 23.8 Å². The first-order valence-corrected chi connectivity index (χ1v) is 4.50. The van der Waals surface area contributed by atoms with E-state index in [1.807, 2.05) is 0 Å². The zero-order valence-corrected chi connectivity index (χ0v) is 8.69. The van der Waals surface area contributed by atoms with Crippen molar-refractivity contribution < 1.29 is 18.3 Å². The molecule has 16 heavy (non-hydrogen) atoms. The van der Waals surface area contributed by atoms with Crippen LogP contribution in [0.1, 0.15) is 5.56 Å². The minimum Gasteiger partial charge on any atom is -0.493 e. The standard InChI is InChI=1S/C10H12F2N2O2/c1-15-8-4-2-3-7(5-14-13)10(8)16-6-9(11)12/h2-5,9H,6,13H2,1H3. The average Bonchev–Trinajstić information content (AvgIpc) is 2.27. The average molecular weight is 230 g/mol. The molecule has 0 aliphatic heterocycles. The Balaban J connectivity index is 2.99. The summed E-state index contributed by atoms with van der Waals surface area (Å²) in [5.41, 5.74) is 0.488. The minimum atomic E-state index is -2.55. The number of alkyl halides is 2. The number of para-hydroxylation sites is 1. The summed E-state index contributed by atoms with van der Waals surface area (Å²) in [5.74, 6) is 5.57. The molecule has 1 aromatic carbocycles. The van der Waals surface area contributed by atoms with E-state index in [1.165, 1.54) is 13.3 Å². The van der Waals surface area contributed by atoms with Crippen molar-refractivity contribution in [1.82, 2.24) is 0 Å². The number of halogens is 2. The van der Waals surface area contributed by atoms with Gasteiger partial charge < -0.3 is 15.3 Å². The third-order valence-electron chi connectivity index (χ3n) is 1.80. The van der Waals surface area contributed by atoms with Gasteiger partial charge in [-0.3, -0.25) is 0 Å². The topological polar surface area (TPSA) is 56.8 Å². The fourth-order valence-electron chi connectivity index (χ4n) is 1.18. The molecule has 0 aliphatic rings. The van der Waals surface area contributed by atoms with Gasteiger partial charge in [0.15, 0.2) is 11.5 Å². The number of rotatable bonds is 5. The Hall–Kier alpha value is -1.85. The van der Waals surface area contributed by atoms with Crippen molar-refractivity contribution in [2.45, 2.75) is 6.43 Å². The Bertz CT molecular complexity index is 370. The molecule has 0 heterocycles. The molecule has 88 valence electrons. The van der Waals surface area contributed by atoms with Crippen LogP contribution in [0.25, 0.3) is 0 Å². The van der Waals surface area contributed by atoms with E-state index in [4.69, 9.17) is 15.3 Å². The fraction of sp³-hybridized carbons (Fsp3) is 0.300. The second kappa shape index (κ2) is 5.89. The zero-order chi connectivity index (χ0) is 12.0. The van der Waals surface area contributed by atoms with Gasteiger partial charge in [0.05, 0.1) is 13.3 Å². The van der Waals surface area contributed by atoms with E-state index >= 15 is 0 Å². The van der Waals surface area contributed by atoms with Gasteiger partial charge in [-0.15, -0.1) is 0 Å². The number of nitrogens with two attached hydrogens (primary N) is 1. The van der Waals surface area contributed by atoms with Crippen LogP contribution < -0.4 is 15.3 Å². The molecule has 0 saturated heterocycles. The summed E-state index contributed by atoms with van der Waals surface area (Å²) in [6.07, 6.45) is -1.24. The molecule has 0 spiro atoms. The highest BCUT2D eigenvalue weighted by Crippen LogP contribution is 2.30. The van der Waals surface area contributed by atoms with E-state index in [1.54, 1.807) is 18.2 Å². The molecule has 0 aliphatic carbocycles. The highest BCUT2D eigenvalue weighted by molar-refractivity contribution is 5.84. The number of nitrogens with zero attached hydrogens (tertiary/aromatic N) is 1. The Morgan fingerprint density at radius 2 is 2.25 bits per heavy atom. The third-order valence-corrected chi connectivity index (χ3v) is 1.80. The van der Waals surface area contributed by atoms with Crippen molar-refractivity contribution in [2.24, 2.45) is 10.9 Å². The molecule has 0 fully saturated rings. The lowest BCUT2D eigenvalue weighted by atomic mass is 10.2. The Morgan fingerprint density at radius 1 is 1.50 bits per heavy atom. The van der Waals surface area contributed by atoms with Gasteiger partial charge in [0, 0.05) is 5.56 Å². The van der Waals surface area contributed by atoms with Crippen LogP contribution in [-0.4, -0.2) is 26.4 Å². The first-order chi connectivity index (χ1) is 7.69.